The number of benzene rings is 1. The molecule has 1 aliphatic heterocycles. The summed E-state index contributed by atoms with van der Waals surface area (Å²) in [7, 11) is -3.57. The molecule has 2 rings (SSSR count). The molecule has 4 amide bonds. The van der Waals surface area contributed by atoms with E-state index in [4.69, 9.17) is 9.84 Å². The molecule has 0 aromatic heterocycles. The monoisotopic (exact) mass is 666 g/mol. The lowest BCUT2D eigenvalue weighted by Crippen LogP contribution is -2.60. The van der Waals surface area contributed by atoms with Gasteiger partial charge in [0.05, 0.1) is 6.42 Å². The minimum atomic E-state index is -3.57. The molecule has 0 saturated carbocycles. The smallest absolute Gasteiger partial charge is 0.408 e. The summed E-state index contributed by atoms with van der Waals surface area (Å²) in [5.41, 5.74) is -0.265. The van der Waals surface area contributed by atoms with Gasteiger partial charge in [-0.1, -0.05) is 57.2 Å². The highest BCUT2D eigenvalue weighted by molar-refractivity contribution is 7.93. The van der Waals surface area contributed by atoms with Gasteiger partial charge in [0.2, 0.25) is 17.7 Å². The second-order valence-electron chi connectivity index (χ2n) is 12.1. The molecule has 5 N–H and O–H groups in total. The Bertz CT molecular complexity index is 1410. The van der Waals surface area contributed by atoms with Crippen molar-refractivity contribution < 1.29 is 52.1 Å². The zero-order valence-corrected chi connectivity index (χ0v) is 27.0. The van der Waals surface area contributed by atoms with Crippen molar-refractivity contribution in [2.24, 2.45) is 5.41 Å². The molecule has 1 aromatic carbocycles. The summed E-state index contributed by atoms with van der Waals surface area (Å²) < 4.78 is 28.3. The Morgan fingerprint density at radius 2 is 1.67 bits per heavy atom. The van der Waals surface area contributed by atoms with Crippen LogP contribution in [0.4, 0.5) is 4.79 Å². The zero-order valence-electron chi connectivity index (χ0n) is 26.2. The van der Waals surface area contributed by atoms with Crippen LogP contribution in [0.3, 0.4) is 0 Å². The Morgan fingerprint density at radius 3 is 2.24 bits per heavy atom. The maximum Gasteiger partial charge on any atom is 0.408 e. The molecule has 4 atom stereocenters. The Kier molecular flexibility index (Phi) is 13.7. The van der Waals surface area contributed by atoms with Crippen LogP contribution in [0.1, 0.15) is 58.4 Å². The molecule has 0 aliphatic carbocycles. The van der Waals surface area contributed by atoms with E-state index in [1.807, 2.05) is 0 Å². The molecule has 46 heavy (non-hydrogen) atoms. The number of amides is 4. The number of aliphatic carboxylic acids is 2. The molecule has 254 valence electrons. The van der Waals surface area contributed by atoms with Gasteiger partial charge in [0, 0.05) is 30.7 Å². The summed E-state index contributed by atoms with van der Waals surface area (Å²) in [6, 6.07) is 3.89. The number of ether oxygens (including phenoxy) is 1. The maximum absolute atomic E-state index is 13.9. The van der Waals surface area contributed by atoms with Crippen molar-refractivity contribution in [1.82, 2.24) is 20.9 Å². The van der Waals surface area contributed by atoms with Gasteiger partial charge in [-0.15, -0.1) is 0 Å². The van der Waals surface area contributed by atoms with E-state index in [9.17, 15) is 42.3 Å². The van der Waals surface area contributed by atoms with Crippen LogP contribution < -0.4 is 16.0 Å². The molecule has 0 radical (unpaired) electrons. The summed E-state index contributed by atoms with van der Waals surface area (Å²) >= 11 is 0. The number of hydrogen-bond donors (Lipinski definition) is 5. The molecule has 1 fully saturated rings. The zero-order chi connectivity index (χ0) is 34.7. The van der Waals surface area contributed by atoms with Gasteiger partial charge >= 0.3 is 18.0 Å². The number of nitrogens with zero attached hydrogens (tertiary/aromatic N) is 1. The summed E-state index contributed by atoms with van der Waals surface area (Å²) in [4.78, 5) is 76.8. The molecule has 1 aromatic rings. The molecular formula is C30H42N4O11S. The van der Waals surface area contributed by atoms with E-state index >= 15 is 0 Å². The summed E-state index contributed by atoms with van der Waals surface area (Å²) in [5, 5.41) is 26.7. The number of nitrogens with one attached hydrogen (secondary N) is 3. The number of carbonyl (C=O) groups is 6. The topological polar surface area (TPSA) is 226 Å². The Morgan fingerprint density at radius 1 is 1.02 bits per heavy atom. The van der Waals surface area contributed by atoms with Gasteiger partial charge in [0.25, 0.3) is 0 Å². The van der Waals surface area contributed by atoms with Crippen LogP contribution in [0.25, 0.3) is 0 Å². The van der Waals surface area contributed by atoms with Gasteiger partial charge in [-0.05, 0) is 30.2 Å². The van der Waals surface area contributed by atoms with Crippen molar-refractivity contribution in [1.29, 1.82) is 0 Å². The van der Waals surface area contributed by atoms with E-state index in [0.29, 0.717) is 12.0 Å². The van der Waals surface area contributed by atoms with E-state index in [0.717, 1.165) is 11.7 Å². The predicted molar refractivity (Wildman–Crippen MR) is 165 cm³/mol. The molecular weight excluding hydrogens is 624 g/mol. The number of sulfone groups is 1. The fourth-order valence-corrected chi connectivity index (χ4v) is 5.14. The predicted octanol–water partition coefficient (Wildman–Crippen LogP) is 1.19. The third-order valence-electron chi connectivity index (χ3n) is 6.99. The highest BCUT2D eigenvalue weighted by atomic mass is 32.2. The van der Waals surface area contributed by atoms with E-state index in [2.05, 4.69) is 16.0 Å². The van der Waals surface area contributed by atoms with Crippen molar-refractivity contribution in [3.63, 3.8) is 0 Å². The first-order valence-corrected chi connectivity index (χ1v) is 16.5. The number of carbonyl (C=O) groups excluding carboxylic acids is 4. The van der Waals surface area contributed by atoms with Crippen LogP contribution in [0.15, 0.2) is 41.8 Å². The van der Waals surface area contributed by atoms with E-state index in [-0.39, 0.29) is 32.4 Å². The lowest BCUT2D eigenvalue weighted by molar-refractivity contribution is -0.145. The average Bonchev–Trinajstić information content (AvgIpc) is 3.45. The third kappa shape index (κ3) is 12.9. The van der Waals surface area contributed by atoms with Crippen LogP contribution in [-0.4, -0.2) is 96.3 Å². The Labute approximate surface area is 267 Å². The van der Waals surface area contributed by atoms with Gasteiger partial charge in [0.15, 0.2) is 9.84 Å². The molecule has 16 heteroatoms. The highest BCUT2D eigenvalue weighted by Gasteiger charge is 2.43. The SMILES string of the molecule is CC(C)(C)[C@@H](NC(=O)[C@H](CC(=O)O)NC(=O)OCc1ccccc1)C(=O)N1CCC[C@@H]1C(=O)N[C@H](C=CS(C)(=O)=O)CCC(=O)O. The molecule has 0 unspecified atom stereocenters. The Hall–Kier alpha value is -4.47. The first kappa shape index (κ1) is 37.7. The second-order valence-corrected chi connectivity index (χ2v) is 14.0. The number of carboxylic acids is 2. The average molecular weight is 667 g/mol. The molecule has 1 aliphatic rings. The van der Waals surface area contributed by atoms with Crippen molar-refractivity contribution in [3.05, 3.63) is 47.4 Å². The van der Waals surface area contributed by atoms with Crippen molar-refractivity contribution in [2.75, 3.05) is 12.8 Å². The number of alkyl carbamates (subject to hydrolysis) is 1. The van der Waals surface area contributed by atoms with Gasteiger partial charge < -0.3 is 35.8 Å². The van der Waals surface area contributed by atoms with Crippen molar-refractivity contribution in [3.8, 4) is 0 Å². The van der Waals surface area contributed by atoms with Crippen LogP contribution in [0.2, 0.25) is 0 Å². The normalized spacial score (nSPS) is 17.0. The summed E-state index contributed by atoms with van der Waals surface area (Å²) in [6.07, 6.45) is 0.519. The number of rotatable bonds is 15. The van der Waals surface area contributed by atoms with Gasteiger partial charge in [0.1, 0.15) is 24.7 Å². The minimum Gasteiger partial charge on any atom is -0.481 e. The quantitative estimate of drug-likeness (QED) is 0.179. The van der Waals surface area contributed by atoms with Crippen LogP contribution in [0, 0.1) is 5.41 Å². The van der Waals surface area contributed by atoms with Crippen molar-refractivity contribution >= 4 is 45.6 Å². The van der Waals surface area contributed by atoms with E-state index < -0.39 is 81.6 Å². The molecule has 1 heterocycles. The number of carboxylic acid groups (broad SMARTS) is 2. The van der Waals surface area contributed by atoms with Gasteiger partial charge in [-0.2, -0.15) is 0 Å². The fraction of sp³-hybridized carbons (Fsp3) is 0.533. The van der Waals surface area contributed by atoms with Crippen LogP contribution >= 0.6 is 0 Å². The van der Waals surface area contributed by atoms with E-state index in [1.54, 1.807) is 51.1 Å². The Balaban J connectivity index is 2.20. The first-order valence-electron chi connectivity index (χ1n) is 14.6. The molecule has 0 spiro atoms. The van der Waals surface area contributed by atoms with Gasteiger partial charge in [-0.25, -0.2) is 13.2 Å². The number of likely N-dealkylation sites (tertiary alicyclic amines) is 1. The summed E-state index contributed by atoms with van der Waals surface area (Å²) in [6.45, 7) is 5.00. The molecule has 15 nitrogen and oxygen atoms in total. The van der Waals surface area contributed by atoms with Crippen LogP contribution in [0.5, 0.6) is 0 Å². The maximum atomic E-state index is 13.9. The molecule has 1 saturated heterocycles. The molecule has 0 bridgehead atoms. The van der Waals surface area contributed by atoms with E-state index in [1.165, 1.54) is 11.0 Å². The lowest BCUT2D eigenvalue weighted by Gasteiger charge is -2.36. The minimum absolute atomic E-state index is 0.0970. The van der Waals surface area contributed by atoms with Crippen molar-refractivity contribution in [2.45, 2.75) is 83.6 Å². The van der Waals surface area contributed by atoms with Crippen LogP contribution in [-0.2, 0) is 45.2 Å². The fourth-order valence-electron chi connectivity index (χ4n) is 4.66. The first-order chi connectivity index (χ1) is 21.4. The summed E-state index contributed by atoms with van der Waals surface area (Å²) in [5.74, 6) is -4.75. The highest BCUT2D eigenvalue weighted by Crippen LogP contribution is 2.26. The second kappa shape index (κ2) is 16.7. The third-order valence-corrected chi connectivity index (χ3v) is 7.64. The number of hydrogen-bond acceptors (Lipinski definition) is 9. The van der Waals surface area contributed by atoms with Gasteiger partial charge in [-0.3, -0.25) is 24.0 Å². The standard InChI is InChI=1S/C30H42N4O11S/c1-30(2,3)25(33-26(39)21(17-24(37)38)32-29(42)45-18-19-9-6-5-7-10-19)28(41)34-15-8-11-22(34)27(40)31-20(12-13-23(35)36)14-16-46(4,43)44/h5-7,9-10,14,16,20-22,25H,8,11-13,15,17-18H2,1-4H3,(H,31,40)(H,32,42)(H,33,39)(H,35,36)(H,37,38)/t20-,21-,22+,25-/m0/s1. The largest absolute Gasteiger partial charge is 0.481 e. The lowest BCUT2D eigenvalue weighted by atomic mass is 9.85.